The number of hydrogen-bond donors (Lipinski definition) is 2. The first-order valence-electron chi connectivity index (χ1n) is 4.51. The van der Waals surface area contributed by atoms with E-state index in [-0.39, 0.29) is 0 Å². The van der Waals surface area contributed by atoms with Crippen LogP contribution in [0.3, 0.4) is 0 Å². The lowest BCUT2D eigenvalue weighted by molar-refractivity contribution is 0.292. The Kier molecular flexibility index (Phi) is 3.70. The monoisotopic (exact) mass is 184 g/mol. The standard InChI is InChI=1S/C8H16N4O/c1-2-3-4-12-5-7(11-13)8(9)10-6-12/h13H,2-6H2,1H3,(H2,9,10). The van der Waals surface area contributed by atoms with Gasteiger partial charge in [-0.05, 0) is 6.42 Å². The van der Waals surface area contributed by atoms with E-state index in [9.17, 15) is 0 Å². The summed E-state index contributed by atoms with van der Waals surface area (Å²) in [5, 5.41) is 11.7. The summed E-state index contributed by atoms with van der Waals surface area (Å²) in [5.74, 6) is 0.357. The van der Waals surface area contributed by atoms with Crippen molar-refractivity contribution in [1.82, 2.24) is 4.90 Å². The van der Waals surface area contributed by atoms with Gasteiger partial charge < -0.3 is 10.9 Å². The van der Waals surface area contributed by atoms with E-state index >= 15 is 0 Å². The number of amidine groups is 1. The molecule has 74 valence electrons. The zero-order valence-corrected chi connectivity index (χ0v) is 7.90. The van der Waals surface area contributed by atoms with Crippen LogP contribution in [0.25, 0.3) is 0 Å². The first-order chi connectivity index (χ1) is 6.27. The van der Waals surface area contributed by atoms with Crippen molar-refractivity contribution >= 4 is 11.5 Å². The van der Waals surface area contributed by atoms with Gasteiger partial charge in [0.2, 0.25) is 0 Å². The van der Waals surface area contributed by atoms with E-state index in [1.54, 1.807) is 0 Å². The fourth-order valence-electron chi connectivity index (χ4n) is 1.22. The quantitative estimate of drug-likeness (QED) is 0.487. The minimum atomic E-state index is 0.357. The highest BCUT2D eigenvalue weighted by molar-refractivity contribution is 6.41. The van der Waals surface area contributed by atoms with Crippen molar-refractivity contribution < 1.29 is 5.21 Å². The van der Waals surface area contributed by atoms with Gasteiger partial charge in [-0.1, -0.05) is 18.5 Å². The molecule has 0 saturated heterocycles. The smallest absolute Gasteiger partial charge is 0.146 e. The fourth-order valence-corrected chi connectivity index (χ4v) is 1.22. The van der Waals surface area contributed by atoms with Crippen LogP contribution in [0.4, 0.5) is 0 Å². The Bertz CT molecular complexity index is 224. The Morgan fingerprint density at radius 2 is 2.46 bits per heavy atom. The molecule has 1 aliphatic heterocycles. The van der Waals surface area contributed by atoms with Gasteiger partial charge in [-0.25, -0.2) is 0 Å². The van der Waals surface area contributed by atoms with E-state index in [4.69, 9.17) is 10.9 Å². The molecule has 0 fully saturated rings. The zero-order valence-electron chi connectivity index (χ0n) is 7.90. The predicted octanol–water partition coefficient (Wildman–Crippen LogP) is 0.247. The van der Waals surface area contributed by atoms with Crippen LogP contribution >= 0.6 is 0 Å². The zero-order chi connectivity index (χ0) is 9.68. The van der Waals surface area contributed by atoms with Gasteiger partial charge in [0.15, 0.2) is 0 Å². The summed E-state index contributed by atoms with van der Waals surface area (Å²) in [4.78, 5) is 6.15. The lowest BCUT2D eigenvalue weighted by atomic mass is 10.2. The second-order valence-corrected chi connectivity index (χ2v) is 3.14. The van der Waals surface area contributed by atoms with Crippen LogP contribution in [0, 0.1) is 0 Å². The summed E-state index contributed by atoms with van der Waals surface area (Å²) in [7, 11) is 0. The second-order valence-electron chi connectivity index (χ2n) is 3.14. The molecule has 1 heterocycles. The number of nitrogens with two attached hydrogens (primary N) is 1. The van der Waals surface area contributed by atoms with Crippen LogP contribution in [0.5, 0.6) is 0 Å². The van der Waals surface area contributed by atoms with Gasteiger partial charge in [-0.15, -0.1) is 0 Å². The third kappa shape index (κ3) is 2.69. The highest BCUT2D eigenvalue weighted by Gasteiger charge is 2.16. The molecule has 1 rings (SSSR count). The molecule has 0 saturated carbocycles. The molecule has 0 atom stereocenters. The summed E-state index contributed by atoms with van der Waals surface area (Å²) >= 11 is 0. The molecule has 0 aromatic carbocycles. The molecular weight excluding hydrogens is 168 g/mol. The molecule has 0 unspecified atom stereocenters. The van der Waals surface area contributed by atoms with Crippen LogP contribution in [0.15, 0.2) is 10.1 Å². The van der Waals surface area contributed by atoms with Crippen molar-refractivity contribution in [3.05, 3.63) is 0 Å². The molecule has 0 aliphatic carbocycles. The molecule has 0 radical (unpaired) electrons. The number of hydrogen-bond acceptors (Lipinski definition) is 5. The molecule has 1 aliphatic rings. The topological polar surface area (TPSA) is 74.2 Å². The SMILES string of the molecule is CCCCN1CN=C(N)C(=NO)C1. The van der Waals surface area contributed by atoms with Crippen molar-refractivity contribution in [1.29, 1.82) is 0 Å². The lowest BCUT2D eigenvalue weighted by Gasteiger charge is -2.24. The molecule has 5 heteroatoms. The van der Waals surface area contributed by atoms with Gasteiger partial charge in [-0.3, -0.25) is 9.89 Å². The summed E-state index contributed by atoms with van der Waals surface area (Å²) in [6.45, 7) is 4.34. The largest absolute Gasteiger partial charge is 0.410 e. The van der Waals surface area contributed by atoms with Crippen LogP contribution < -0.4 is 5.73 Å². The highest BCUT2D eigenvalue weighted by Crippen LogP contribution is 2.01. The van der Waals surface area contributed by atoms with Crippen LogP contribution in [0.2, 0.25) is 0 Å². The van der Waals surface area contributed by atoms with Crippen LogP contribution in [0.1, 0.15) is 19.8 Å². The predicted molar refractivity (Wildman–Crippen MR) is 52.2 cm³/mol. The maximum atomic E-state index is 8.61. The maximum absolute atomic E-state index is 8.61. The molecule has 0 aromatic rings. The normalized spacial score (nSPS) is 21.9. The Morgan fingerprint density at radius 1 is 1.69 bits per heavy atom. The van der Waals surface area contributed by atoms with Crippen molar-refractivity contribution in [3.63, 3.8) is 0 Å². The van der Waals surface area contributed by atoms with Gasteiger partial charge >= 0.3 is 0 Å². The molecule has 0 aromatic heterocycles. The summed E-state index contributed by atoms with van der Waals surface area (Å²) in [6.07, 6.45) is 2.29. The van der Waals surface area contributed by atoms with E-state index in [1.807, 2.05) is 0 Å². The molecule has 3 N–H and O–H groups in total. The average Bonchev–Trinajstić information content (AvgIpc) is 2.16. The van der Waals surface area contributed by atoms with Crippen molar-refractivity contribution in [3.8, 4) is 0 Å². The minimum absolute atomic E-state index is 0.357. The minimum Gasteiger partial charge on any atom is -0.410 e. The van der Waals surface area contributed by atoms with Gasteiger partial charge in [0.1, 0.15) is 11.5 Å². The first kappa shape index (κ1) is 9.98. The lowest BCUT2D eigenvalue weighted by Crippen LogP contribution is -2.42. The van der Waals surface area contributed by atoms with Crippen LogP contribution in [-0.2, 0) is 0 Å². The average molecular weight is 184 g/mol. The summed E-state index contributed by atoms with van der Waals surface area (Å²) in [6, 6.07) is 0. The Hall–Kier alpha value is -1.10. The third-order valence-corrected chi connectivity index (χ3v) is 2.06. The van der Waals surface area contributed by atoms with Crippen molar-refractivity contribution in [2.24, 2.45) is 15.9 Å². The summed E-state index contributed by atoms with van der Waals surface area (Å²) in [5.41, 5.74) is 5.99. The molecule has 5 nitrogen and oxygen atoms in total. The van der Waals surface area contributed by atoms with Gasteiger partial charge in [0.05, 0.1) is 6.67 Å². The van der Waals surface area contributed by atoms with Gasteiger partial charge in [0.25, 0.3) is 0 Å². The molecule has 0 bridgehead atoms. The summed E-state index contributed by atoms with van der Waals surface area (Å²) < 4.78 is 0. The number of rotatable bonds is 3. The molecule has 0 amide bonds. The number of aliphatic imine (C=N–C) groups is 1. The second kappa shape index (κ2) is 4.81. The Labute approximate surface area is 77.9 Å². The third-order valence-electron chi connectivity index (χ3n) is 2.06. The van der Waals surface area contributed by atoms with Crippen molar-refractivity contribution in [2.75, 3.05) is 19.8 Å². The molecule has 0 spiro atoms. The van der Waals surface area contributed by atoms with E-state index in [1.165, 1.54) is 0 Å². The maximum Gasteiger partial charge on any atom is 0.146 e. The Balaban J connectivity index is 2.48. The van der Waals surface area contributed by atoms with Gasteiger partial charge in [-0.2, -0.15) is 0 Å². The highest BCUT2D eigenvalue weighted by atomic mass is 16.4. The fraction of sp³-hybridized carbons (Fsp3) is 0.750. The first-order valence-corrected chi connectivity index (χ1v) is 4.51. The van der Waals surface area contributed by atoms with E-state index in [2.05, 4.69) is 22.0 Å². The Morgan fingerprint density at radius 3 is 3.08 bits per heavy atom. The van der Waals surface area contributed by atoms with E-state index in [0.717, 1.165) is 19.4 Å². The molecular formula is C8H16N4O. The number of nitrogens with zero attached hydrogens (tertiary/aromatic N) is 3. The molecule has 13 heavy (non-hydrogen) atoms. The van der Waals surface area contributed by atoms with Crippen LogP contribution in [-0.4, -0.2) is 41.4 Å². The number of oxime groups is 1. The van der Waals surface area contributed by atoms with E-state index < -0.39 is 0 Å². The van der Waals surface area contributed by atoms with Crippen molar-refractivity contribution in [2.45, 2.75) is 19.8 Å². The van der Waals surface area contributed by atoms with E-state index in [0.29, 0.717) is 24.8 Å². The van der Waals surface area contributed by atoms with Gasteiger partial charge in [0, 0.05) is 13.1 Å². The number of unbranched alkanes of at least 4 members (excludes halogenated alkanes) is 1.